The quantitative estimate of drug-likeness (QED) is 0.693. The zero-order valence-electron chi connectivity index (χ0n) is 7.92. The number of aliphatic hydroxyl groups is 1. The minimum atomic E-state index is 0.303. The number of allylic oxidation sites excluding steroid dienone is 2. The van der Waals surface area contributed by atoms with Crippen LogP contribution in [-0.4, -0.2) is 30.2 Å². The first kappa shape index (κ1) is 9.59. The molecule has 0 heterocycles. The standard InChI is InChI=1S/C10H19NO/c1-11(8-5-9-12)10-6-3-2-4-7-10/h6,12H,2-5,7-9H2,1H3. The van der Waals surface area contributed by atoms with Crippen LogP contribution in [0.15, 0.2) is 11.8 Å². The van der Waals surface area contributed by atoms with Gasteiger partial charge in [0.2, 0.25) is 0 Å². The third kappa shape index (κ3) is 2.86. The van der Waals surface area contributed by atoms with Gasteiger partial charge in [-0.2, -0.15) is 0 Å². The summed E-state index contributed by atoms with van der Waals surface area (Å²) in [5.41, 5.74) is 1.47. The zero-order valence-corrected chi connectivity index (χ0v) is 7.92. The highest BCUT2D eigenvalue weighted by atomic mass is 16.3. The average molecular weight is 169 g/mol. The summed E-state index contributed by atoms with van der Waals surface area (Å²) in [6.07, 6.45) is 8.35. The molecule has 1 aliphatic rings. The molecular weight excluding hydrogens is 150 g/mol. The van der Waals surface area contributed by atoms with Crippen LogP contribution in [0, 0.1) is 0 Å². The minimum Gasteiger partial charge on any atom is -0.396 e. The van der Waals surface area contributed by atoms with Gasteiger partial charge >= 0.3 is 0 Å². The van der Waals surface area contributed by atoms with E-state index in [1.165, 1.54) is 31.4 Å². The first-order valence-electron chi connectivity index (χ1n) is 4.85. The molecule has 0 amide bonds. The van der Waals surface area contributed by atoms with Gasteiger partial charge in [0.15, 0.2) is 0 Å². The Balaban J connectivity index is 2.29. The fraction of sp³-hybridized carbons (Fsp3) is 0.800. The summed E-state index contributed by atoms with van der Waals surface area (Å²) in [4.78, 5) is 2.27. The lowest BCUT2D eigenvalue weighted by Crippen LogP contribution is -2.21. The van der Waals surface area contributed by atoms with Crippen molar-refractivity contribution < 1.29 is 5.11 Å². The van der Waals surface area contributed by atoms with E-state index in [1.54, 1.807) is 0 Å². The minimum absolute atomic E-state index is 0.303. The van der Waals surface area contributed by atoms with Gasteiger partial charge < -0.3 is 10.0 Å². The Kier molecular flexibility index (Phi) is 4.15. The van der Waals surface area contributed by atoms with Crippen LogP contribution in [-0.2, 0) is 0 Å². The third-order valence-electron chi connectivity index (χ3n) is 2.41. The maximum Gasteiger partial charge on any atom is 0.0447 e. The van der Waals surface area contributed by atoms with Crippen molar-refractivity contribution in [3.05, 3.63) is 11.8 Å². The molecule has 0 aromatic heterocycles. The lowest BCUT2D eigenvalue weighted by atomic mass is 10.0. The molecule has 2 heteroatoms. The van der Waals surface area contributed by atoms with E-state index in [9.17, 15) is 0 Å². The zero-order chi connectivity index (χ0) is 8.81. The first-order valence-corrected chi connectivity index (χ1v) is 4.85. The second-order valence-electron chi connectivity index (χ2n) is 3.44. The Labute approximate surface area is 74.9 Å². The second-order valence-corrected chi connectivity index (χ2v) is 3.44. The summed E-state index contributed by atoms with van der Waals surface area (Å²) in [7, 11) is 2.12. The predicted molar refractivity (Wildman–Crippen MR) is 50.9 cm³/mol. The summed E-state index contributed by atoms with van der Waals surface area (Å²) < 4.78 is 0. The highest BCUT2D eigenvalue weighted by Crippen LogP contribution is 2.19. The van der Waals surface area contributed by atoms with Crippen LogP contribution >= 0.6 is 0 Å². The van der Waals surface area contributed by atoms with Crippen molar-refractivity contribution in [2.45, 2.75) is 32.1 Å². The van der Waals surface area contributed by atoms with Crippen molar-refractivity contribution >= 4 is 0 Å². The summed E-state index contributed by atoms with van der Waals surface area (Å²) in [5, 5.41) is 8.67. The van der Waals surface area contributed by atoms with Crippen molar-refractivity contribution in [3.8, 4) is 0 Å². The van der Waals surface area contributed by atoms with Gasteiger partial charge in [-0.1, -0.05) is 6.08 Å². The van der Waals surface area contributed by atoms with Crippen molar-refractivity contribution in [2.24, 2.45) is 0 Å². The van der Waals surface area contributed by atoms with Crippen LogP contribution in [0.4, 0.5) is 0 Å². The smallest absolute Gasteiger partial charge is 0.0447 e. The number of nitrogens with zero attached hydrogens (tertiary/aromatic N) is 1. The molecule has 0 aromatic carbocycles. The van der Waals surface area contributed by atoms with Crippen LogP contribution in [0.5, 0.6) is 0 Å². The Morgan fingerprint density at radius 3 is 2.92 bits per heavy atom. The fourth-order valence-corrected chi connectivity index (χ4v) is 1.62. The Hall–Kier alpha value is -0.500. The molecule has 12 heavy (non-hydrogen) atoms. The molecule has 0 aromatic rings. The van der Waals surface area contributed by atoms with Gasteiger partial charge in [0.1, 0.15) is 0 Å². The maximum atomic E-state index is 8.67. The molecule has 0 bridgehead atoms. The molecule has 2 nitrogen and oxygen atoms in total. The van der Waals surface area contributed by atoms with Gasteiger partial charge in [-0.3, -0.25) is 0 Å². The molecule has 0 spiro atoms. The Morgan fingerprint density at radius 1 is 1.50 bits per heavy atom. The number of aliphatic hydroxyl groups excluding tert-OH is 1. The van der Waals surface area contributed by atoms with Crippen LogP contribution in [0.25, 0.3) is 0 Å². The van der Waals surface area contributed by atoms with Crippen LogP contribution in [0.1, 0.15) is 32.1 Å². The molecule has 0 saturated heterocycles. The topological polar surface area (TPSA) is 23.5 Å². The van der Waals surface area contributed by atoms with Gasteiger partial charge in [-0.05, 0) is 32.1 Å². The van der Waals surface area contributed by atoms with E-state index in [0.29, 0.717) is 6.61 Å². The molecule has 70 valence electrons. The summed E-state index contributed by atoms with van der Waals surface area (Å²) in [6, 6.07) is 0. The Morgan fingerprint density at radius 2 is 2.33 bits per heavy atom. The molecule has 0 saturated carbocycles. The molecule has 1 N–H and O–H groups in total. The van der Waals surface area contributed by atoms with Gasteiger partial charge in [0, 0.05) is 25.9 Å². The van der Waals surface area contributed by atoms with Gasteiger partial charge in [0.25, 0.3) is 0 Å². The van der Waals surface area contributed by atoms with Crippen LogP contribution in [0.3, 0.4) is 0 Å². The van der Waals surface area contributed by atoms with Gasteiger partial charge in [-0.25, -0.2) is 0 Å². The van der Waals surface area contributed by atoms with E-state index in [-0.39, 0.29) is 0 Å². The number of hydrogen-bond acceptors (Lipinski definition) is 2. The second kappa shape index (κ2) is 5.20. The predicted octanol–water partition coefficient (Wildman–Crippen LogP) is 1.76. The lowest BCUT2D eigenvalue weighted by molar-refractivity contribution is 0.261. The molecular formula is C10H19NO. The van der Waals surface area contributed by atoms with E-state index in [0.717, 1.165) is 13.0 Å². The molecule has 0 radical (unpaired) electrons. The molecule has 0 unspecified atom stereocenters. The third-order valence-corrected chi connectivity index (χ3v) is 2.41. The van der Waals surface area contributed by atoms with Crippen LogP contribution in [0.2, 0.25) is 0 Å². The molecule has 1 rings (SSSR count). The maximum absolute atomic E-state index is 8.67. The molecule has 0 atom stereocenters. The van der Waals surface area contributed by atoms with E-state index in [2.05, 4.69) is 18.0 Å². The summed E-state index contributed by atoms with van der Waals surface area (Å²) in [5.74, 6) is 0. The molecule has 1 aliphatic carbocycles. The van der Waals surface area contributed by atoms with Crippen LogP contribution < -0.4 is 0 Å². The van der Waals surface area contributed by atoms with E-state index in [4.69, 9.17) is 5.11 Å². The normalized spacial score (nSPS) is 17.3. The van der Waals surface area contributed by atoms with E-state index >= 15 is 0 Å². The lowest BCUT2D eigenvalue weighted by Gasteiger charge is -2.24. The van der Waals surface area contributed by atoms with Crippen molar-refractivity contribution in [1.82, 2.24) is 4.90 Å². The van der Waals surface area contributed by atoms with Crippen molar-refractivity contribution in [1.29, 1.82) is 0 Å². The summed E-state index contributed by atoms with van der Waals surface area (Å²) in [6.45, 7) is 1.29. The first-order chi connectivity index (χ1) is 5.84. The number of rotatable bonds is 4. The average Bonchev–Trinajstić information content (AvgIpc) is 2.15. The largest absolute Gasteiger partial charge is 0.396 e. The van der Waals surface area contributed by atoms with E-state index < -0.39 is 0 Å². The monoisotopic (exact) mass is 169 g/mol. The van der Waals surface area contributed by atoms with Gasteiger partial charge in [-0.15, -0.1) is 0 Å². The highest BCUT2D eigenvalue weighted by molar-refractivity contribution is 5.03. The molecule has 0 aliphatic heterocycles. The SMILES string of the molecule is CN(CCCO)C1=CCCCC1. The van der Waals surface area contributed by atoms with E-state index in [1.807, 2.05) is 0 Å². The Bertz CT molecular complexity index is 154. The van der Waals surface area contributed by atoms with Gasteiger partial charge in [0.05, 0.1) is 0 Å². The summed E-state index contributed by atoms with van der Waals surface area (Å²) >= 11 is 0. The fourth-order valence-electron chi connectivity index (χ4n) is 1.62. The van der Waals surface area contributed by atoms with Crippen molar-refractivity contribution in [3.63, 3.8) is 0 Å². The number of hydrogen-bond donors (Lipinski definition) is 1. The highest BCUT2D eigenvalue weighted by Gasteiger charge is 2.06. The van der Waals surface area contributed by atoms with Crippen molar-refractivity contribution in [2.75, 3.05) is 20.2 Å². The molecule has 0 fully saturated rings.